The lowest BCUT2D eigenvalue weighted by atomic mass is 10.0. The van der Waals surface area contributed by atoms with Gasteiger partial charge in [0.15, 0.2) is 5.82 Å². The normalized spacial score (nSPS) is 15.1. The summed E-state index contributed by atoms with van der Waals surface area (Å²) in [7, 11) is 0. The van der Waals surface area contributed by atoms with E-state index in [9.17, 15) is 13.6 Å². The lowest BCUT2D eigenvalue weighted by molar-refractivity contribution is -0.127. The van der Waals surface area contributed by atoms with Gasteiger partial charge in [-0.25, -0.2) is 8.78 Å². The Morgan fingerprint density at radius 3 is 2.55 bits per heavy atom. The van der Waals surface area contributed by atoms with Gasteiger partial charge < -0.3 is 9.32 Å². The van der Waals surface area contributed by atoms with Crippen molar-refractivity contribution >= 4 is 12.0 Å². The summed E-state index contributed by atoms with van der Waals surface area (Å²) in [5.74, 6) is 1.44. The molecule has 174 valence electrons. The monoisotopic (exact) mass is 458 g/mol. The van der Waals surface area contributed by atoms with Crippen molar-refractivity contribution in [2.45, 2.75) is 33.4 Å². The molecule has 12 heteroatoms. The van der Waals surface area contributed by atoms with E-state index in [1.807, 2.05) is 0 Å². The van der Waals surface area contributed by atoms with Crippen LogP contribution in [0.4, 0.5) is 8.78 Å². The number of nitrogens with zero attached hydrogens (tertiary/aromatic N) is 8. The van der Waals surface area contributed by atoms with E-state index >= 15 is 0 Å². The highest BCUT2D eigenvalue weighted by Gasteiger charge is 2.21. The topological polar surface area (TPSA) is 106 Å². The molecule has 0 atom stereocenters. The Hall–Kier alpha value is -3.54. The van der Waals surface area contributed by atoms with E-state index in [0.717, 1.165) is 0 Å². The summed E-state index contributed by atoms with van der Waals surface area (Å²) in [6.07, 6.45) is 0.517. The van der Waals surface area contributed by atoms with Crippen molar-refractivity contribution in [3.05, 3.63) is 58.6 Å². The fourth-order valence-electron chi connectivity index (χ4n) is 3.59. The highest BCUT2D eigenvalue weighted by Crippen LogP contribution is 2.23. The molecule has 1 saturated heterocycles. The Morgan fingerprint density at radius 1 is 1.12 bits per heavy atom. The Balaban J connectivity index is 1.40. The van der Waals surface area contributed by atoms with Gasteiger partial charge >= 0.3 is 0 Å². The lowest BCUT2D eigenvalue weighted by Gasteiger charge is -2.33. The van der Waals surface area contributed by atoms with Crippen molar-refractivity contribution in [2.75, 3.05) is 26.2 Å². The van der Waals surface area contributed by atoms with Gasteiger partial charge in [-0.1, -0.05) is 12.1 Å². The molecule has 4 rings (SSSR count). The molecule has 2 aromatic heterocycles. The first-order chi connectivity index (χ1) is 15.9. The molecule has 1 aliphatic heterocycles. The minimum Gasteiger partial charge on any atom is -0.424 e. The molecule has 0 N–H and O–H groups in total. The maximum atomic E-state index is 13.2. The average molecular weight is 458 g/mol. The number of aryl methyl sites for hydroxylation is 2. The summed E-state index contributed by atoms with van der Waals surface area (Å²) in [4.78, 5) is 17.9. The molecule has 3 heterocycles. The van der Waals surface area contributed by atoms with Gasteiger partial charge in [-0.05, 0) is 35.4 Å². The van der Waals surface area contributed by atoms with Crippen LogP contribution in [0.2, 0.25) is 0 Å². The molecule has 1 amide bonds. The third-order valence-corrected chi connectivity index (χ3v) is 5.30. The van der Waals surface area contributed by atoms with Crippen LogP contribution in [0.25, 0.3) is 6.08 Å². The van der Waals surface area contributed by atoms with Gasteiger partial charge in [0.25, 0.3) is 6.43 Å². The molecule has 3 aromatic rings. The van der Waals surface area contributed by atoms with Gasteiger partial charge in [0, 0.05) is 44.7 Å². The summed E-state index contributed by atoms with van der Waals surface area (Å²) in [5, 5.41) is 19.7. The Bertz CT molecular complexity index is 1130. The number of benzene rings is 1. The minimum atomic E-state index is -2.60. The highest BCUT2D eigenvalue weighted by atomic mass is 19.3. The molecule has 10 nitrogen and oxygen atoms in total. The summed E-state index contributed by atoms with van der Waals surface area (Å²) in [6, 6.07) is 4.34. The molecule has 0 saturated carbocycles. The van der Waals surface area contributed by atoms with Crippen molar-refractivity contribution in [2.24, 2.45) is 0 Å². The van der Waals surface area contributed by atoms with Crippen LogP contribution in [0.1, 0.15) is 40.7 Å². The Labute approximate surface area is 188 Å². The molecule has 0 unspecified atom stereocenters. The van der Waals surface area contributed by atoms with E-state index in [0.29, 0.717) is 61.5 Å². The number of halogens is 2. The fourth-order valence-corrected chi connectivity index (χ4v) is 3.59. The average Bonchev–Trinajstić information content (AvgIpc) is 3.40. The summed E-state index contributed by atoms with van der Waals surface area (Å²) in [5.41, 5.74) is 1.12. The van der Waals surface area contributed by atoms with Crippen molar-refractivity contribution in [1.29, 1.82) is 0 Å². The lowest BCUT2D eigenvalue weighted by Crippen LogP contribution is -2.47. The summed E-state index contributed by atoms with van der Waals surface area (Å²) < 4.78 is 31.8. The minimum absolute atomic E-state index is 0.0992. The number of hydrogen-bond donors (Lipinski definition) is 0. The van der Waals surface area contributed by atoms with Crippen molar-refractivity contribution in [1.82, 2.24) is 40.2 Å². The predicted molar refractivity (Wildman–Crippen MR) is 113 cm³/mol. The zero-order valence-corrected chi connectivity index (χ0v) is 18.4. The second-order valence-corrected chi connectivity index (χ2v) is 7.78. The first-order valence-corrected chi connectivity index (χ1v) is 10.5. The maximum Gasteiger partial charge on any atom is 0.263 e. The van der Waals surface area contributed by atoms with E-state index in [1.165, 1.54) is 23.0 Å². The zero-order chi connectivity index (χ0) is 23.4. The first-order valence-electron chi connectivity index (χ1n) is 10.5. The van der Waals surface area contributed by atoms with Crippen LogP contribution in [0.15, 0.2) is 28.7 Å². The Kier molecular flexibility index (Phi) is 6.82. The van der Waals surface area contributed by atoms with Gasteiger partial charge in [-0.15, -0.1) is 20.4 Å². The van der Waals surface area contributed by atoms with E-state index < -0.39 is 6.43 Å². The van der Waals surface area contributed by atoms with Crippen LogP contribution in [0, 0.1) is 13.8 Å². The molecule has 0 radical (unpaired) electrons. The molecule has 1 aromatic carbocycles. The number of piperazine rings is 1. The molecule has 1 fully saturated rings. The van der Waals surface area contributed by atoms with Crippen LogP contribution in [0.5, 0.6) is 0 Å². The maximum absolute atomic E-state index is 13.2. The van der Waals surface area contributed by atoms with Gasteiger partial charge in [-0.2, -0.15) is 4.80 Å². The van der Waals surface area contributed by atoms with Gasteiger partial charge in [0.2, 0.25) is 17.7 Å². The van der Waals surface area contributed by atoms with Crippen LogP contribution < -0.4 is 0 Å². The van der Waals surface area contributed by atoms with Crippen LogP contribution >= 0.6 is 0 Å². The number of hydrogen-bond acceptors (Lipinski definition) is 8. The molecule has 0 spiro atoms. The van der Waals surface area contributed by atoms with Crippen molar-refractivity contribution in [3.8, 4) is 0 Å². The second kappa shape index (κ2) is 9.94. The first kappa shape index (κ1) is 22.6. The SMILES string of the molecule is Cc1nnn(Cc2cc(C(F)F)ccc2/C=C/C(=O)N2CCN(Cc3nnc(C)o3)CC2)n1. The molecule has 0 bridgehead atoms. The standard InChI is InChI=1S/C21H24F2N8O2/c1-14-24-28-31(27-14)12-18-11-17(21(22)23)4-3-16(18)5-6-20(32)30-9-7-29(8-10-30)13-19-26-25-15(2)33-19/h3-6,11,21H,7-10,12-13H2,1-2H3/b6-5+. The van der Waals surface area contributed by atoms with Crippen molar-refractivity contribution < 1.29 is 18.0 Å². The van der Waals surface area contributed by atoms with E-state index in [-0.39, 0.29) is 18.0 Å². The Morgan fingerprint density at radius 2 is 1.91 bits per heavy atom. The van der Waals surface area contributed by atoms with Gasteiger partial charge in [0.1, 0.15) is 0 Å². The molecule has 1 aliphatic rings. The quantitative estimate of drug-likeness (QED) is 0.495. The van der Waals surface area contributed by atoms with Gasteiger partial charge in [0.05, 0.1) is 13.1 Å². The third kappa shape index (κ3) is 5.83. The highest BCUT2D eigenvalue weighted by molar-refractivity contribution is 5.92. The predicted octanol–water partition coefficient (Wildman–Crippen LogP) is 2.02. The molecule has 0 aliphatic carbocycles. The number of alkyl halides is 2. The molecular formula is C21H24F2N8O2. The van der Waals surface area contributed by atoms with E-state index in [1.54, 1.807) is 30.9 Å². The smallest absolute Gasteiger partial charge is 0.263 e. The second-order valence-electron chi connectivity index (χ2n) is 7.78. The van der Waals surface area contributed by atoms with E-state index in [2.05, 4.69) is 30.5 Å². The van der Waals surface area contributed by atoms with Gasteiger partial charge in [-0.3, -0.25) is 9.69 Å². The molecular weight excluding hydrogens is 434 g/mol. The van der Waals surface area contributed by atoms with Crippen LogP contribution in [-0.2, 0) is 17.9 Å². The number of aromatic nitrogens is 6. The van der Waals surface area contributed by atoms with E-state index in [4.69, 9.17) is 4.42 Å². The fraction of sp³-hybridized carbons (Fsp3) is 0.429. The summed E-state index contributed by atoms with van der Waals surface area (Å²) >= 11 is 0. The number of tetrazole rings is 1. The number of rotatable bonds is 7. The van der Waals surface area contributed by atoms with Crippen LogP contribution in [0.3, 0.4) is 0 Å². The molecule has 33 heavy (non-hydrogen) atoms. The third-order valence-electron chi connectivity index (χ3n) is 5.30. The van der Waals surface area contributed by atoms with Crippen LogP contribution in [-0.4, -0.2) is 72.3 Å². The zero-order valence-electron chi connectivity index (χ0n) is 18.4. The van der Waals surface area contributed by atoms with Crippen molar-refractivity contribution in [3.63, 3.8) is 0 Å². The number of amides is 1. The largest absolute Gasteiger partial charge is 0.424 e. The number of carbonyl (C=O) groups is 1. The number of carbonyl (C=O) groups excluding carboxylic acids is 1. The summed E-state index contributed by atoms with van der Waals surface area (Å²) in [6.45, 7) is 6.67.